The largest absolute Gasteiger partial charge is 0.484 e. The van der Waals surface area contributed by atoms with E-state index in [0.717, 1.165) is 25.0 Å². The minimum Gasteiger partial charge on any atom is -0.484 e. The molecule has 0 aromatic heterocycles. The van der Waals surface area contributed by atoms with Crippen LogP contribution in [0, 0.1) is 18.3 Å². The van der Waals surface area contributed by atoms with Gasteiger partial charge in [-0.25, -0.2) is 0 Å². The molecule has 0 unspecified atom stereocenters. The van der Waals surface area contributed by atoms with Crippen molar-refractivity contribution in [3.05, 3.63) is 65.2 Å². The van der Waals surface area contributed by atoms with Crippen LogP contribution in [0.5, 0.6) is 5.75 Å². The van der Waals surface area contributed by atoms with Crippen molar-refractivity contribution < 1.29 is 19.1 Å². The molecule has 7 heteroatoms. The monoisotopic (exact) mass is 419 g/mol. The standard InChI is InChI=1S/C24H25N3O4/c1-17-4-8-20(9-5-17)27-24(29)19(14-25)13-18-6-10-21(11-7-18)31-16-23(28)26-15-22-3-2-12-30-22/h4-11,13,22H,2-3,12,15-16H2,1H3,(H,26,28)(H,27,29)/b19-13+/t22-/m0/s1. The van der Waals surface area contributed by atoms with Gasteiger partial charge in [-0.1, -0.05) is 29.8 Å². The highest BCUT2D eigenvalue weighted by atomic mass is 16.5. The zero-order valence-electron chi connectivity index (χ0n) is 17.4. The van der Waals surface area contributed by atoms with Crippen LogP contribution in [0.1, 0.15) is 24.0 Å². The lowest BCUT2D eigenvalue weighted by Gasteiger charge is -2.11. The molecule has 2 amide bonds. The van der Waals surface area contributed by atoms with Crippen LogP contribution in [-0.4, -0.2) is 37.7 Å². The third-order valence-electron chi connectivity index (χ3n) is 4.79. The highest BCUT2D eigenvalue weighted by Crippen LogP contribution is 2.16. The Labute approximate surface area is 181 Å². The topological polar surface area (TPSA) is 100 Å². The number of ether oxygens (including phenoxy) is 2. The van der Waals surface area contributed by atoms with Crippen LogP contribution in [-0.2, 0) is 14.3 Å². The van der Waals surface area contributed by atoms with Crippen molar-refractivity contribution in [2.75, 3.05) is 25.1 Å². The van der Waals surface area contributed by atoms with Crippen molar-refractivity contribution in [1.82, 2.24) is 5.32 Å². The van der Waals surface area contributed by atoms with Gasteiger partial charge in [0, 0.05) is 18.8 Å². The fourth-order valence-electron chi connectivity index (χ4n) is 3.04. The molecular formula is C24H25N3O4. The molecule has 1 atom stereocenters. The van der Waals surface area contributed by atoms with E-state index in [1.54, 1.807) is 36.4 Å². The van der Waals surface area contributed by atoms with Gasteiger partial charge >= 0.3 is 0 Å². The Morgan fingerprint density at radius 1 is 1.19 bits per heavy atom. The van der Waals surface area contributed by atoms with E-state index in [4.69, 9.17) is 9.47 Å². The lowest BCUT2D eigenvalue weighted by atomic mass is 10.1. The van der Waals surface area contributed by atoms with Gasteiger partial charge < -0.3 is 20.1 Å². The third-order valence-corrected chi connectivity index (χ3v) is 4.79. The molecule has 2 aromatic rings. The molecule has 160 valence electrons. The van der Waals surface area contributed by atoms with Crippen molar-refractivity contribution >= 4 is 23.6 Å². The Morgan fingerprint density at radius 2 is 1.94 bits per heavy atom. The molecule has 0 bridgehead atoms. The predicted molar refractivity (Wildman–Crippen MR) is 117 cm³/mol. The average Bonchev–Trinajstić information content (AvgIpc) is 3.30. The Morgan fingerprint density at radius 3 is 2.58 bits per heavy atom. The molecular weight excluding hydrogens is 394 g/mol. The van der Waals surface area contributed by atoms with E-state index in [9.17, 15) is 14.9 Å². The molecule has 1 fully saturated rings. The van der Waals surface area contributed by atoms with Crippen LogP contribution >= 0.6 is 0 Å². The second-order valence-electron chi connectivity index (χ2n) is 7.29. The summed E-state index contributed by atoms with van der Waals surface area (Å²) in [6, 6.07) is 16.1. The smallest absolute Gasteiger partial charge is 0.266 e. The van der Waals surface area contributed by atoms with Gasteiger partial charge in [-0.05, 0) is 55.7 Å². The van der Waals surface area contributed by atoms with Crippen LogP contribution in [0.4, 0.5) is 5.69 Å². The Bertz CT molecular complexity index is 969. The van der Waals surface area contributed by atoms with E-state index in [-0.39, 0.29) is 24.2 Å². The number of amides is 2. The van der Waals surface area contributed by atoms with Gasteiger partial charge in [-0.2, -0.15) is 5.26 Å². The number of hydrogen-bond donors (Lipinski definition) is 2. The maximum Gasteiger partial charge on any atom is 0.266 e. The first-order valence-corrected chi connectivity index (χ1v) is 10.1. The van der Waals surface area contributed by atoms with E-state index < -0.39 is 5.91 Å². The van der Waals surface area contributed by atoms with E-state index in [1.807, 2.05) is 25.1 Å². The summed E-state index contributed by atoms with van der Waals surface area (Å²) in [7, 11) is 0. The molecule has 1 heterocycles. The van der Waals surface area contributed by atoms with Crippen LogP contribution in [0.2, 0.25) is 0 Å². The number of nitriles is 1. The molecule has 3 rings (SSSR count). The summed E-state index contributed by atoms with van der Waals surface area (Å²) in [6.07, 6.45) is 3.58. The van der Waals surface area contributed by atoms with Crippen LogP contribution in [0.15, 0.2) is 54.1 Å². The maximum absolute atomic E-state index is 12.4. The number of aryl methyl sites for hydroxylation is 1. The van der Waals surface area contributed by atoms with E-state index >= 15 is 0 Å². The maximum atomic E-state index is 12.4. The first-order chi connectivity index (χ1) is 15.0. The number of nitrogens with zero attached hydrogens (tertiary/aromatic N) is 1. The molecule has 0 spiro atoms. The van der Waals surface area contributed by atoms with E-state index in [2.05, 4.69) is 10.6 Å². The number of anilines is 1. The van der Waals surface area contributed by atoms with Crippen molar-refractivity contribution in [3.63, 3.8) is 0 Å². The second-order valence-corrected chi connectivity index (χ2v) is 7.29. The van der Waals surface area contributed by atoms with Crippen LogP contribution in [0.3, 0.4) is 0 Å². The van der Waals surface area contributed by atoms with Crippen LogP contribution < -0.4 is 15.4 Å². The molecule has 2 aromatic carbocycles. The number of nitrogens with one attached hydrogen (secondary N) is 2. The highest BCUT2D eigenvalue weighted by Gasteiger charge is 2.16. The highest BCUT2D eigenvalue weighted by molar-refractivity contribution is 6.09. The van der Waals surface area contributed by atoms with Gasteiger partial charge in [0.1, 0.15) is 17.4 Å². The summed E-state index contributed by atoms with van der Waals surface area (Å²) in [4.78, 5) is 24.2. The summed E-state index contributed by atoms with van der Waals surface area (Å²) in [6.45, 7) is 3.11. The summed E-state index contributed by atoms with van der Waals surface area (Å²) in [5, 5.41) is 14.9. The first kappa shape index (κ1) is 22.1. The van der Waals surface area contributed by atoms with Gasteiger partial charge in [0.25, 0.3) is 11.8 Å². The zero-order valence-corrected chi connectivity index (χ0v) is 17.4. The lowest BCUT2D eigenvalue weighted by molar-refractivity contribution is -0.123. The molecule has 0 radical (unpaired) electrons. The van der Waals surface area contributed by atoms with Crippen molar-refractivity contribution in [1.29, 1.82) is 5.26 Å². The second kappa shape index (κ2) is 11.0. The zero-order chi connectivity index (χ0) is 22.1. The summed E-state index contributed by atoms with van der Waals surface area (Å²) in [5.74, 6) is -0.166. The van der Waals surface area contributed by atoms with E-state index in [0.29, 0.717) is 23.5 Å². The number of carbonyl (C=O) groups excluding carboxylic acids is 2. The fraction of sp³-hybridized carbons (Fsp3) is 0.292. The molecule has 1 saturated heterocycles. The van der Waals surface area contributed by atoms with Crippen molar-refractivity contribution in [2.45, 2.75) is 25.9 Å². The third kappa shape index (κ3) is 6.98. The fourth-order valence-corrected chi connectivity index (χ4v) is 3.04. The van der Waals surface area contributed by atoms with E-state index in [1.165, 1.54) is 6.08 Å². The van der Waals surface area contributed by atoms with Gasteiger partial charge in [-0.15, -0.1) is 0 Å². The molecule has 7 nitrogen and oxygen atoms in total. The Kier molecular flexibility index (Phi) is 7.79. The predicted octanol–water partition coefficient (Wildman–Crippen LogP) is 3.21. The van der Waals surface area contributed by atoms with Gasteiger partial charge in [0.2, 0.25) is 0 Å². The summed E-state index contributed by atoms with van der Waals surface area (Å²) in [5.41, 5.74) is 2.36. The Hall–Kier alpha value is -3.63. The minimum absolute atomic E-state index is 0.0113. The molecule has 1 aliphatic rings. The quantitative estimate of drug-likeness (QED) is 0.505. The van der Waals surface area contributed by atoms with Crippen molar-refractivity contribution in [2.24, 2.45) is 0 Å². The first-order valence-electron chi connectivity index (χ1n) is 10.1. The molecule has 2 N–H and O–H groups in total. The van der Waals surface area contributed by atoms with Crippen molar-refractivity contribution in [3.8, 4) is 11.8 Å². The number of rotatable bonds is 8. The summed E-state index contributed by atoms with van der Waals surface area (Å²) >= 11 is 0. The average molecular weight is 419 g/mol. The molecule has 0 aliphatic carbocycles. The van der Waals surface area contributed by atoms with Gasteiger partial charge in [-0.3, -0.25) is 9.59 Å². The normalized spacial score (nSPS) is 15.7. The Balaban J connectivity index is 1.51. The van der Waals surface area contributed by atoms with Gasteiger partial charge in [0.15, 0.2) is 6.61 Å². The number of benzene rings is 2. The van der Waals surface area contributed by atoms with Crippen LogP contribution in [0.25, 0.3) is 6.08 Å². The van der Waals surface area contributed by atoms with Gasteiger partial charge in [0.05, 0.1) is 6.10 Å². The minimum atomic E-state index is -0.477. The molecule has 0 saturated carbocycles. The molecule has 31 heavy (non-hydrogen) atoms. The molecule has 1 aliphatic heterocycles. The number of hydrogen-bond acceptors (Lipinski definition) is 5. The number of carbonyl (C=O) groups is 2. The summed E-state index contributed by atoms with van der Waals surface area (Å²) < 4.78 is 11.0. The lowest BCUT2D eigenvalue weighted by Crippen LogP contribution is -2.35. The SMILES string of the molecule is Cc1ccc(NC(=O)/C(C#N)=C/c2ccc(OCC(=O)NC[C@@H]3CCCO3)cc2)cc1.